The molecule has 132 valence electrons. The molecule has 6 nitrogen and oxygen atoms in total. The fourth-order valence-electron chi connectivity index (χ4n) is 1.94. The molecule has 25 heavy (non-hydrogen) atoms. The fourth-order valence-corrected chi connectivity index (χ4v) is 2.43. The van der Waals surface area contributed by atoms with Crippen molar-refractivity contribution in [3.8, 4) is 5.75 Å². The van der Waals surface area contributed by atoms with E-state index in [2.05, 4.69) is 10.9 Å². The quantitative estimate of drug-likeness (QED) is 0.594. The lowest BCUT2D eigenvalue weighted by atomic mass is 10.2. The molecule has 2 aromatic carbocycles. The maximum atomic E-state index is 12.3. The summed E-state index contributed by atoms with van der Waals surface area (Å²) >= 11 is 11.8. The molecule has 0 fully saturated rings. The molecule has 0 spiro atoms. The molecule has 0 aliphatic heterocycles. The molecule has 0 radical (unpaired) electrons. The molecule has 2 amide bonds. The molecular formula is C17H16Cl2N2O4. The molecular weight excluding hydrogens is 367 g/mol. The lowest BCUT2D eigenvalue weighted by Crippen LogP contribution is -2.41. The monoisotopic (exact) mass is 382 g/mol. The first kappa shape index (κ1) is 19.1. The van der Waals surface area contributed by atoms with Gasteiger partial charge in [-0.15, -0.1) is 0 Å². The highest BCUT2D eigenvalue weighted by molar-refractivity contribution is 6.36. The number of para-hydroxylation sites is 1. The summed E-state index contributed by atoms with van der Waals surface area (Å²) in [6.45, 7) is 0.690. The van der Waals surface area contributed by atoms with Crippen LogP contribution in [0, 0.1) is 0 Å². The van der Waals surface area contributed by atoms with Gasteiger partial charge in [0, 0.05) is 12.1 Å². The van der Waals surface area contributed by atoms with E-state index >= 15 is 0 Å². The van der Waals surface area contributed by atoms with Gasteiger partial charge in [0.05, 0.1) is 22.8 Å². The van der Waals surface area contributed by atoms with Crippen LogP contribution in [0.2, 0.25) is 10.0 Å². The molecule has 2 rings (SSSR count). The van der Waals surface area contributed by atoms with Crippen molar-refractivity contribution >= 4 is 35.0 Å². The molecule has 8 heteroatoms. The number of methoxy groups -OCH3 is 1. The molecule has 0 heterocycles. The standard InChI is InChI=1S/C17H16Cl2N2O4/c1-24-8-9-25-15-5-3-2-4-13(15)17(23)21-20-16(22)12-7-6-11(18)10-14(12)19/h2-7,10H,8-9H2,1H3,(H,20,22)(H,21,23). The molecule has 0 saturated carbocycles. The van der Waals surface area contributed by atoms with Crippen LogP contribution >= 0.6 is 23.2 Å². The Labute approximate surface area is 155 Å². The highest BCUT2D eigenvalue weighted by Crippen LogP contribution is 2.21. The SMILES string of the molecule is COCCOc1ccccc1C(=O)NNC(=O)c1ccc(Cl)cc1Cl. The Morgan fingerprint density at radius 3 is 2.32 bits per heavy atom. The third-order valence-corrected chi connectivity index (χ3v) is 3.69. The number of hydrogen-bond acceptors (Lipinski definition) is 4. The van der Waals surface area contributed by atoms with Crippen molar-refractivity contribution in [1.82, 2.24) is 10.9 Å². The molecule has 2 aromatic rings. The number of benzene rings is 2. The summed E-state index contributed by atoms with van der Waals surface area (Å²) in [7, 11) is 1.55. The van der Waals surface area contributed by atoms with Crippen LogP contribution in [0.5, 0.6) is 5.75 Å². The Kier molecular flexibility index (Phi) is 7.06. The van der Waals surface area contributed by atoms with E-state index in [1.165, 1.54) is 18.2 Å². The molecule has 0 aliphatic carbocycles. The van der Waals surface area contributed by atoms with Crippen LogP contribution < -0.4 is 15.6 Å². The summed E-state index contributed by atoms with van der Waals surface area (Å²) in [4.78, 5) is 24.4. The Balaban J connectivity index is 2.01. The Hall–Kier alpha value is -2.28. The third-order valence-electron chi connectivity index (χ3n) is 3.14. The van der Waals surface area contributed by atoms with Gasteiger partial charge in [0.1, 0.15) is 12.4 Å². The van der Waals surface area contributed by atoms with Crippen LogP contribution in [-0.2, 0) is 4.74 Å². The molecule has 0 bridgehead atoms. The first-order valence-electron chi connectivity index (χ1n) is 7.29. The Bertz CT molecular complexity index is 768. The van der Waals surface area contributed by atoms with Crippen molar-refractivity contribution in [1.29, 1.82) is 0 Å². The Morgan fingerprint density at radius 2 is 1.64 bits per heavy atom. The zero-order valence-electron chi connectivity index (χ0n) is 13.3. The van der Waals surface area contributed by atoms with Gasteiger partial charge in [0.2, 0.25) is 0 Å². The van der Waals surface area contributed by atoms with E-state index in [0.717, 1.165) is 0 Å². The summed E-state index contributed by atoms with van der Waals surface area (Å²) in [5.74, 6) is -0.699. The summed E-state index contributed by atoms with van der Waals surface area (Å²) in [5, 5.41) is 0.593. The number of nitrogens with one attached hydrogen (secondary N) is 2. The predicted molar refractivity (Wildman–Crippen MR) is 95.2 cm³/mol. The first-order valence-corrected chi connectivity index (χ1v) is 8.05. The summed E-state index contributed by atoms with van der Waals surface area (Å²) in [6, 6.07) is 11.1. The minimum Gasteiger partial charge on any atom is -0.490 e. The summed E-state index contributed by atoms with van der Waals surface area (Å²) in [5.41, 5.74) is 5.10. The van der Waals surface area contributed by atoms with Crippen LogP contribution in [0.4, 0.5) is 0 Å². The number of halogens is 2. The maximum Gasteiger partial charge on any atom is 0.273 e. The largest absolute Gasteiger partial charge is 0.490 e. The van der Waals surface area contributed by atoms with Gasteiger partial charge < -0.3 is 9.47 Å². The number of carbonyl (C=O) groups excluding carboxylic acids is 2. The number of amides is 2. The third kappa shape index (κ3) is 5.35. The molecule has 2 N–H and O–H groups in total. The number of carbonyl (C=O) groups is 2. The average Bonchev–Trinajstić information content (AvgIpc) is 2.60. The molecule has 0 aliphatic rings. The van der Waals surface area contributed by atoms with E-state index < -0.39 is 11.8 Å². The van der Waals surface area contributed by atoms with Crippen LogP contribution in [0.25, 0.3) is 0 Å². The number of ether oxygens (including phenoxy) is 2. The van der Waals surface area contributed by atoms with Gasteiger partial charge in [-0.25, -0.2) is 0 Å². The van der Waals surface area contributed by atoms with Crippen molar-refractivity contribution in [3.63, 3.8) is 0 Å². The van der Waals surface area contributed by atoms with Crippen molar-refractivity contribution in [2.24, 2.45) is 0 Å². The summed E-state index contributed by atoms with van der Waals surface area (Å²) in [6.07, 6.45) is 0. The van der Waals surface area contributed by atoms with Gasteiger partial charge >= 0.3 is 0 Å². The highest BCUT2D eigenvalue weighted by atomic mass is 35.5. The zero-order valence-corrected chi connectivity index (χ0v) is 14.9. The molecule has 0 aromatic heterocycles. The van der Waals surface area contributed by atoms with Gasteiger partial charge in [0.25, 0.3) is 11.8 Å². The first-order chi connectivity index (χ1) is 12.0. The second-order valence-corrected chi connectivity index (χ2v) is 5.71. The van der Waals surface area contributed by atoms with E-state index in [0.29, 0.717) is 24.0 Å². The topological polar surface area (TPSA) is 76.7 Å². The van der Waals surface area contributed by atoms with Crippen LogP contribution in [-0.4, -0.2) is 32.1 Å². The normalized spacial score (nSPS) is 10.2. The van der Waals surface area contributed by atoms with Gasteiger partial charge in [-0.05, 0) is 30.3 Å². The smallest absolute Gasteiger partial charge is 0.273 e. The van der Waals surface area contributed by atoms with E-state index in [9.17, 15) is 9.59 Å². The number of hydrazine groups is 1. The van der Waals surface area contributed by atoms with Gasteiger partial charge in [0.15, 0.2) is 0 Å². The minimum atomic E-state index is -0.562. The van der Waals surface area contributed by atoms with Crippen molar-refractivity contribution < 1.29 is 19.1 Å². The fraction of sp³-hybridized carbons (Fsp3) is 0.176. The zero-order chi connectivity index (χ0) is 18.2. The van der Waals surface area contributed by atoms with Gasteiger partial charge in [-0.1, -0.05) is 35.3 Å². The van der Waals surface area contributed by atoms with Crippen LogP contribution in [0.1, 0.15) is 20.7 Å². The second-order valence-electron chi connectivity index (χ2n) is 4.87. The van der Waals surface area contributed by atoms with Crippen molar-refractivity contribution in [2.45, 2.75) is 0 Å². The van der Waals surface area contributed by atoms with E-state index in [-0.39, 0.29) is 16.1 Å². The van der Waals surface area contributed by atoms with E-state index in [4.69, 9.17) is 32.7 Å². The maximum absolute atomic E-state index is 12.3. The predicted octanol–water partition coefficient (Wildman–Crippen LogP) is 3.09. The van der Waals surface area contributed by atoms with E-state index in [1.807, 2.05) is 0 Å². The number of hydrogen-bond donors (Lipinski definition) is 2. The van der Waals surface area contributed by atoms with Gasteiger partial charge in [-0.3, -0.25) is 20.4 Å². The Morgan fingerprint density at radius 1 is 0.960 bits per heavy atom. The van der Waals surface area contributed by atoms with Crippen molar-refractivity contribution in [2.75, 3.05) is 20.3 Å². The van der Waals surface area contributed by atoms with Crippen LogP contribution in [0.3, 0.4) is 0 Å². The average molecular weight is 383 g/mol. The second kappa shape index (κ2) is 9.27. The van der Waals surface area contributed by atoms with Gasteiger partial charge in [-0.2, -0.15) is 0 Å². The molecule has 0 atom stereocenters. The molecule has 0 saturated heterocycles. The van der Waals surface area contributed by atoms with Crippen molar-refractivity contribution in [3.05, 3.63) is 63.6 Å². The molecule has 0 unspecified atom stereocenters. The van der Waals surface area contributed by atoms with Crippen LogP contribution in [0.15, 0.2) is 42.5 Å². The minimum absolute atomic E-state index is 0.183. The lowest BCUT2D eigenvalue weighted by molar-refractivity contribution is 0.0843. The lowest BCUT2D eigenvalue weighted by Gasteiger charge is -2.12. The highest BCUT2D eigenvalue weighted by Gasteiger charge is 2.15. The summed E-state index contributed by atoms with van der Waals surface area (Å²) < 4.78 is 10.4. The number of rotatable bonds is 6. The van der Waals surface area contributed by atoms with E-state index in [1.54, 1.807) is 31.4 Å².